The number of Topliss-reactive ketones (excluding diaryl/α,β-unsaturated/α-hetero) is 1. The van der Waals surface area contributed by atoms with Crippen LogP contribution in [0.2, 0.25) is 5.02 Å². The molecule has 3 aromatic carbocycles. The highest BCUT2D eigenvalue weighted by atomic mass is 35.5. The van der Waals surface area contributed by atoms with Crippen molar-refractivity contribution in [3.05, 3.63) is 100 Å². The van der Waals surface area contributed by atoms with Gasteiger partial charge >= 0.3 is 0 Å². The Labute approximate surface area is 162 Å². The van der Waals surface area contributed by atoms with Crippen molar-refractivity contribution in [3.8, 4) is 11.5 Å². The molecule has 1 atom stereocenters. The van der Waals surface area contributed by atoms with E-state index in [4.69, 9.17) is 16.3 Å². The molecular formula is C23H17ClO3. The predicted molar refractivity (Wildman–Crippen MR) is 106 cm³/mol. The highest BCUT2D eigenvalue weighted by Crippen LogP contribution is 2.49. The van der Waals surface area contributed by atoms with Gasteiger partial charge in [0.2, 0.25) is 0 Å². The lowest BCUT2D eigenvalue weighted by molar-refractivity contribution is -0.113. The summed E-state index contributed by atoms with van der Waals surface area (Å²) >= 11 is 6.23. The third-order valence-electron chi connectivity index (χ3n) is 4.70. The molecule has 27 heavy (non-hydrogen) atoms. The van der Waals surface area contributed by atoms with Gasteiger partial charge in [-0.15, -0.1) is 0 Å². The summed E-state index contributed by atoms with van der Waals surface area (Å²) in [5.74, 6) is 0.584. The Hall–Kier alpha value is -3.04. The highest BCUT2D eigenvalue weighted by Gasteiger charge is 2.34. The number of allylic oxidation sites excluding steroid dienone is 1. The van der Waals surface area contributed by atoms with Crippen LogP contribution in [0.25, 0.3) is 5.76 Å². The van der Waals surface area contributed by atoms with Crippen LogP contribution >= 0.6 is 11.6 Å². The number of rotatable bonds is 3. The van der Waals surface area contributed by atoms with Gasteiger partial charge in [-0.25, -0.2) is 0 Å². The van der Waals surface area contributed by atoms with E-state index in [1.54, 1.807) is 30.3 Å². The fraction of sp³-hybridized carbons (Fsp3) is 0.0870. The Balaban J connectivity index is 2.01. The second kappa shape index (κ2) is 6.93. The molecule has 1 aliphatic rings. The third kappa shape index (κ3) is 3.11. The van der Waals surface area contributed by atoms with E-state index in [-0.39, 0.29) is 11.5 Å². The molecule has 1 heterocycles. The van der Waals surface area contributed by atoms with Crippen molar-refractivity contribution in [1.29, 1.82) is 0 Å². The summed E-state index contributed by atoms with van der Waals surface area (Å²) in [4.78, 5) is 12.7. The van der Waals surface area contributed by atoms with E-state index in [2.05, 4.69) is 0 Å². The Morgan fingerprint density at radius 3 is 2.33 bits per heavy atom. The van der Waals surface area contributed by atoms with Gasteiger partial charge in [0.15, 0.2) is 5.78 Å². The minimum absolute atomic E-state index is 0.0317. The molecule has 0 fully saturated rings. The number of fused-ring (bicyclic) bond motifs is 2. The number of ketones is 1. The van der Waals surface area contributed by atoms with E-state index in [9.17, 15) is 9.90 Å². The van der Waals surface area contributed by atoms with Crippen molar-refractivity contribution < 1.29 is 14.6 Å². The van der Waals surface area contributed by atoms with E-state index < -0.39 is 5.92 Å². The number of hydrogen-bond donors (Lipinski definition) is 1. The largest absolute Gasteiger partial charge is 0.507 e. The van der Waals surface area contributed by atoms with E-state index >= 15 is 0 Å². The van der Waals surface area contributed by atoms with Crippen molar-refractivity contribution in [2.45, 2.75) is 12.8 Å². The molecular weight excluding hydrogens is 360 g/mol. The summed E-state index contributed by atoms with van der Waals surface area (Å²) in [5, 5.41) is 11.6. The maximum absolute atomic E-state index is 12.7. The maximum Gasteiger partial charge on any atom is 0.160 e. The summed E-state index contributed by atoms with van der Waals surface area (Å²) in [6.07, 6.45) is 0. The molecule has 0 saturated carbocycles. The Kier molecular flexibility index (Phi) is 4.46. The van der Waals surface area contributed by atoms with Gasteiger partial charge < -0.3 is 9.84 Å². The van der Waals surface area contributed by atoms with Gasteiger partial charge in [0.05, 0.1) is 0 Å². The average Bonchev–Trinajstić information content (AvgIpc) is 2.68. The number of benzene rings is 3. The Morgan fingerprint density at radius 1 is 0.926 bits per heavy atom. The SMILES string of the molecule is CC(=O)/C(=C(/O)c1ccccc1)[C@H]1c2ccccc2Oc2ccc(Cl)cc21. The molecule has 1 aliphatic heterocycles. The van der Waals surface area contributed by atoms with Crippen LogP contribution in [-0.4, -0.2) is 10.9 Å². The monoisotopic (exact) mass is 376 g/mol. The van der Waals surface area contributed by atoms with Gasteiger partial charge in [-0.05, 0) is 31.2 Å². The second-order valence-corrected chi connectivity index (χ2v) is 6.88. The smallest absolute Gasteiger partial charge is 0.160 e. The van der Waals surface area contributed by atoms with E-state index in [1.807, 2.05) is 42.5 Å². The zero-order chi connectivity index (χ0) is 19.0. The standard InChI is InChI=1S/C23H17ClO3/c1-14(25)21(23(26)15-7-3-2-4-8-15)22-17-9-5-6-10-19(17)27-20-12-11-16(24)13-18(20)22/h2-13,22,26H,1H3/b23-21-/t22-/m0/s1. The lowest BCUT2D eigenvalue weighted by atomic mass is 9.79. The third-order valence-corrected chi connectivity index (χ3v) is 4.94. The quantitative estimate of drug-likeness (QED) is 0.441. The second-order valence-electron chi connectivity index (χ2n) is 6.44. The molecule has 0 saturated heterocycles. The molecule has 4 rings (SSSR count). The van der Waals surface area contributed by atoms with Crippen molar-refractivity contribution in [3.63, 3.8) is 0 Å². The van der Waals surface area contributed by atoms with Crippen molar-refractivity contribution in [2.24, 2.45) is 0 Å². The van der Waals surface area contributed by atoms with Crippen LogP contribution in [0.4, 0.5) is 0 Å². The first-order valence-corrected chi connectivity index (χ1v) is 9.00. The number of halogens is 1. The zero-order valence-electron chi connectivity index (χ0n) is 14.6. The van der Waals surface area contributed by atoms with Crippen LogP contribution in [0.1, 0.15) is 29.5 Å². The number of aliphatic hydroxyl groups is 1. The first-order valence-electron chi connectivity index (χ1n) is 8.62. The minimum atomic E-state index is -0.471. The van der Waals surface area contributed by atoms with E-state index in [0.29, 0.717) is 27.7 Å². The van der Waals surface area contributed by atoms with Crippen LogP contribution in [0.3, 0.4) is 0 Å². The fourth-order valence-corrected chi connectivity index (χ4v) is 3.69. The zero-order valence-corrected chi connectivity index (χ0v) is 15.4. The lowest BCUT2D eigenvalue weighted by Gasteiger charge is -2.30. The maximum atomic E-state index is 12.7. The Bertz CT molecular complexity index is 1050. The molecule has 4 heteroatoms. The minimum Gasteiger partial charge on any atom is -0.507 e. The van der Waals surface area contributed by atoms with Crippen molar-refractivity contribution in [2.75, 3.05) is 0 Å². The number of ether oxygens (including phenoxy) is 1. The summed E-state index contributed by atoms with van der Waals surface area (Å²) in [5.41, 5.74) is 2.49. The topological polar surface area (TPSA) is 46.5 Å². The predicted octanol–water partition coefficient (Wildman–Crippen LogP) is 6.14. The van der Waals surface area contributed by atoms with Crippen LogP contribution in [0.15, 0.2) is 78.4 Å². The van der Waals surface area contributed by atoms with Crippen LogP contribution in [0.5, 0.6) is 11.5 Å². The molecule has 0 unspecified atom stereocenters. The number of para-hydroxylation sites is 1. The van der Waals surface area contributed by atoms with Crippen molar-refractivity contribution in [1.82, 2.24) is 0 Å². The molecule has 3 nitrogen and oxygen atoms in total. The Morgan fingerprint density at radius 2 is 1.59 bits per heavy atom. The molecule has 0 aromatic heterocycles. The fourth-order valence-electron chi connectivity index (χ4n) is 3.51. The normalized spacial score (nSPS) is 15.9. The molecule has 0 bridgehead atoms. The molecule has 3 aromatic rings. The summed E-state index contributed by atoms with van der Waals surface area (Å²) in [7, 11) is 0. The van der Waals surface area contributed by atoms with Gasteiger partial charge in [0.25, 0.3) is 0 Å². The molecule has 0 aliphatic carbocycles. The molecule has 134 valence electrons. The van der Waals surface area contributed by atoms with Crippen molar-refractivity contribution >= 4 is 23.1 Å². The molecule has 1 N–H and O–H groups in total. The van der Waals surface area contributed by atoms with Gasteiger partial charge in [-0.3, -0.25) is 4.79 Å². The molecule has 0 amide bonds. The first-order chi connectivity index (χ1) is 13.1. The van der Waals surface area contributed by atoms with Crippen LogP contribution in [0, 0.1) is 0 Å². The van der Waals surface area contributed by atoms with E-state index in [0.717, 1.165) is 11.1 Å². The molecule has 0 spiro atoms. The van der Waals surface area contributed by atoms with Crippen LogP contribution in [-0.2, 0) is 4.79 Å². The van der Waals surface area contributed by atoms with Gasteiger partial charge in [0, 0.05) is 33.2 Å². The van der Waals surface area contributed by atoms with E-state index in [1.165, 1.54) is 6.92 Å². The highest BCUT2D eigenvalue weighted by molar-refractivity contribution is 6.30. The lowest BCUT2D eigenvalue weighted by Crippen LogP contribution is -2.18. The summed E-state index contributed by atoms with van der Waals surface area (Å²) < 4.78 is 6.00. The number of carbonyl (C=O) groups is 1. The van der Waals surface area contributed by atoms with Gasteiger partial charge in [-0.1, -0.05) is 60.1 Å². The number of aliphatic hydroxyl groups excluding tert-OH is 1. The van der Waals surface area contributed by atoms with Gasteiger partial charge in [0.1, 0.15) is 17.3 Å². The molecule has 0 radical (unpaired) electrons. The van der Waals surface area contributed by atoms with Gasteiger partial charge in [-0.2, -0.15) is 0 Å². The summed E-state index contributed by atoms with van der Waals surface area (Å²) in [6, 6.07) is 21.9. The average molecular weight is 377 g/mol. The summed E-state index contributed by atoms with van der Waals surface area (Å²) in [6.45, 7) is 1.47. The van der Waals surface area contributed by atoms with Crippen LogP contribution < -0.4 is 4.74 Å². The number of carbonyl (C=O) groups excluding carboxylic acids is 1. The number of hydrogen-bond acceptors (Lipinski definition) is 3. The first kappa shape index (κ1) is 17.4.